The zero-order chi connectivity index (χ0) is 19.6. The number of nitriles is 1. The summed E-state index contributed by atoms with van der Waals surface area (Å²) in [6.07, 6.45) is 1.76. The maximum Gasteiger partial charge on any atom is 0.269 e. The maximum atomic E-state index is 13.1. The van der Waals surface area contributed by atoms with Crippen LogP contribution in [0.1, 0.15) is 22.5 Å². The normalized spacial score (nSPS) is 11.3. The highest BCUT2D eigenvalue weighted by atomic mass is 19.1. The second kappa shape index (κ2) is 7.26. The Hall–Kier alpha value is -3.72. The minimum atomic E-state index is -0.435. The molecular formula is C21H16FN3O2. The van der Waals surface area contributed by atoms with Gasteiger partial charge >= 0.3 is 0 Å². The summed E-state index contributed by atoms with van der Waals surface area (Å²) in [6.45, 7) is 3.84. The summed E-state index contributed by atoms with van der Waals surface area (Å²) < 4.78 is 15.1. The summed E-state index contributed by atoms with van der Waals surface area (Å²) in [5.74, 6) is -0.354. The summed E-state index contributed by atoms with van der Waals surface area (Å²) in [4.78, 5) is 10.4. The van der Waals surface area contributed by atoms with Gasteiger partial charge in [-0.2, -0.15) is 5.26 Å². The van der Waals surface area contributed by atoms with E-state index in [9.17, 15) is 19.8 Å². The molecule has 2 aromatic carbocycles. The van der Waals surface area contributed by atoms with Crippen molar-refractivity contribution in [3.63, 3.8) is 0 Å². The maximum absolute atomic E-state index is 13.1. The van der Waals surface area contributed by atoms with Crippen LogP contribution in [0, 0.1) is 41.1 Å². The molecule has 5 nitrogen and oxygen atoms in total. The van der Waals surface area contributed by atoms with Crippen LogP contribution >= 0.6 is 0 Å². The van der Waals surface area contributed by atoms with Crippen molar-refractivity contribution in [3.8, 4) is 11.8 Å². The van der Waals surface area contributed by atoms with Crippen molar-refractivity contribution in [1.29, 1.82) is 5.26 Å². The molecule has 3 rings (SSSR count). The molecule has 0 fully saturated rings. The fourth-order valence-corrected chi connectivity index (χ4v) is 3.02. The lowest BCUT2D eigenvalue weighted by atomic mass is 10.0. The Labute approximate surface area is 155 Å². The van der Waals surface area contributed by atoms with E-state index in [1.807, 2.05) is 24.5 Å². The molecule has 0 aliphatic heterocycles. The van der Waals surface area contributed by atoms with Crippen LogP contribution in [0.4, 0.5) is 10.1 Å². The molecule has 0 aliphatic carbocycles. The first-order chi connectivity index (χ1) is 12.9. The third kappa shape index (κ3) is 3.62. The number of non-ortho nitro benzene ring substituents is 1. The van der Waals surface area contributed by atoms with Crippen molar-refractivity contribution in [1.82, 2.24) is 4.57 Å². The molecular weight excluding hydrogens is 345 g/mol. The van der Waals surface area contributed by atoms with Crippen molar-refractivity contribution in [2.75, 3.05) is 0 Å². The molecule has 0 saturated carbocycles. The van der Waals surface area contributed by atoms with Gasteiger partial charge in [0.15, 0.2) is 0 Å². The molecule has 0 radical (unpaired) electrons. The first-order valence-corrected chi connectivity index (χ1v) is 8.22. The number of benzene rings is 2. The van der Waals surface area contributed by atoms with Crippen molar-refractivity contribution >= 4 is 17.3 Å². The molecule has 0 amide bonds. The molecule has 27 heavy (non-hydrogen) atoms. The molecule has 134 valence electrons. The van der Waals surface area contributed by atoms with Crippen LogP contribution in [0.3, 0.4) is 0 Å². The van der Waals surface area contributed by atoms with Gasteiger partial charge in [0.2, 0.25) is 0 Å². The highest BCUT2D eigenvalue weighted by Crippen LogP contribution is 2.26. The van der Waals surface area contributed by atoms with Crippen molar-refractivity contribution in [3.05, 3.63) is 93.0 Å². The Kier molecular flexibility index (Phi) is 4.86. The first kappa shape index (κ1) is 18.1. The number of nitro groups is 1. The molecule has 1 aromatic heterocycles. The van der Waals surface area contributed by atoms with Gasteiger partial charge in [-0.3, -0.25) is 10.1 Å². The average Bonchev–Trinajstić information content (AvgIpc) is 2.94. The van der Waals surface area contributed by atoms with Crippen molar-refractivity contribution in [2.45, 2.75) is 13.8 Å². The predicted octanol–water partition coefficient (Wildman–Crippen LogP) is 5.21. The third-order valence-electron chi connectivity index (χ3n) is 4.36. The van der Waals surface area contributed by atoms with Crippen LogP contribution in [-0.4, -0.2) is 9.49 Å². The van der Waals surface area contributed by atoms with Gasteiger partial charge in [0.05, 0.1) is 16.6 Å². The lowest BCUT2D eigenvalue weighted by molar-refractivity contribution is -0.384. The number of hydrogen-bond donors (Lipinski definition) is 0. The Bertz CT molecular complexity index is 1070. The number of aryl methyl sites for hydroxylation is 1. The fourth-order valence-electron chi connectivity index (χ4n) is 3.02. The molecule has 0 saturated heterocycles. The van der Waals surface area contributed by atoms with Gasteiger partial charge in [-0.1, -0.05) is 12.1 Å². The van der Waals surface area contributed by atoms with Crippen LogP contribution in [0.2, 0.25) is 0 Å². The Morgan fingerprint density at radius 1 is 1.15 bits per heavy atom. The molecule has 0 spiro atoms. The van der Waals surface area contributed by atoms with Crippen LogP contribution in [0.25, 0.3) is 17.3 Å². The highest BCUT2D eigenvalue weighted by molar-refractivity contribution is 5.90. The third-order valence-corrected chi connectivity index (χ3v) is 4.36. The lowest BCUT2D eigenvalue weighted by Gasteiger charge is -2.09. The van der Waals surface area contributed by atoms with E-state index in [1.54, 1.807) is 30.3 Å². The minimum Gasteiger partial charge on any atom is -0.318 e. The Morgan fingerprint density at radius 2 is 1.78 bits per heavy atom. The molecule has 0 aliphatic rings. The zero-order valence-corrected chi connectivity index (χ0v) is 14.8. The van der Waals surface area contributed by atoms with Gasteiger partial charge in [0.1, 0.15) is 5.82 Å². The summed E-state index contributed by atoms with van der Waals surface area (Å²) in [5.41, 5.74) is 4.59. The van der Waals surface area contributed by atoms with Crippen LogP contribution in [0.15, 0.2) is 54.6 Å². The quantitative estimate of drug-likeness (QED) is 0.364. The van der Waals surface area contributed by atoms with E-state index in [0.29, 0.717) is 11.1 Å². The lowest BCUT2D eigenvalue weighted by Crippen LogP contribution is -1.99. The summed E-state index contributed by atoms with van der Waals surface area (Å²) in [6, 6.07) is 16.2. The van der Waals surface area contributed by atoms with Gasteiger partial charge < -0.3 is 4.57 Å². The van der Waals surface area contributed by atoms with Crippen LogP contribution < -0.4 is 0 Å². The smallest absolute Gasteiger partial charge is 0.269 e. The number of rotatable bonds is 4. The molecule has 0 atom stereocenters. The van der Waals surface area contributed by atoms with Crippen molar-refractivity contribution in [2.24, 2.45) is 0 Å². The summed E-state index contributed by atoms with van der Waals surface area (Å²) in [5, 5.41) is 20.3. The standard InChI is InChI=1S/C21H16FN3O2/c1-14-11-17(12-18(13-23)16-3-5-19(22)6-4-16)15(2)24(14)20-7-9-21(10-8-20)25(26)27/h3-12H,1-2H3/b18-12+. The topological polar surface area (TPSA) is 71.9 Å². The van der Waals surface area contributed by atoms with E-state index >= 15 is 0 Å². The van der Waals surface area contributed by atoms with E-state index in [1.165, 1.54) is 24.3 Å². The molecule has 1 heterocycles. The number of allylic oxidation sites excluding steroid dienone is 1. The largest absolute Gasteiger partial charge is 0.318 e. The van der Waals surface area contributed by atoms with Crippen LogP contribution in [0.5, 0.6) is 0 Å². The zero-order valence-electron chi connectivity index (χ0n) is 14.8. The molecule has 0 bridgehead atoms. The molecule has 0 unspecified atom stereocenters. The van der Waals surface area contributed by atoms with Gasteiger partial charge in [-0.05, 0) is 61.4 Å². The molecule has 3 aromatic rings. The van der Waals surface area contributed by atoms with E-state index in [0.717, 1.165) is 22.6 Å². The van der Waals surface area contributed by atoms with Gasteiger partial charge in [0.25, 0.3) is 5.69 Å². The van der Waals surface area contributed by atoms with E-state index in [2.05, 4.69) is 6.07 Å². The number of halogens is 1. The number of nitrogens with zero attached hydrogens (tertiary/aromatic N) is 3. The van der Waals surface area contributed by atoms with Gasteiger partial charge in [0, 0.05) is 29.2 Å². The second-order valence-corrected chi connectivity index (χ2v) is 6.11. The van der Waals surface area contributed by atoms with Gasteiger partial charge in [-0.25, -0.2) is 4.39 Å². The van der Waals surface area contributed by atoms with E-state index < -0.39 is 4.92 Å². The Morgan fingerprint density at radius 3 is 2.33 bits per heavy atom. The summed E-state index contributed by atoms with van der Waals surface area (Å²) >= 11 is 0. The minimum absolute atomic E-state index is 0.0319. The van der Waals surface area contributed by atoms with E-state index in [-0.39, 0.29) is 11.5 Å². The van der Waals surface area contributed by atoms with Gasteiger partial charge in [-0.15, -0.1) is 0 Å². The highest BCUT2D eigenvalue weighted by Gasteiger charge is 2.12. The predicted molar refractivity (Wildman–Crippen MR) is 102 cm³/mol. The second-order valence-electron chi connectivity index (χ2n) is 6.11. The first-order valence-electron chi connectivity index (χ1n) is 8.22. The fraction of sp³-hybridized carbons (Fsp3) is 0.0952. The Balaban J connectivity index is 2.03. The average molecular weight is 361 g/mol. The van der Waals surface area contributed by atoms with Crippen LogP contribution in [-0.2, 0) is 0 Å². The monoisotopic (exact) mass is 361 g/mol. The van der Waals surface area contributed by atoms with Crippen molar-refractivity contribution < 1.29 is 9.31 Å². The summed E-state index contributed by atoms with van der Waals surface area (Å²) in [7, 11) is 0. The number of aromatic nitrogens is 1. The molecule has 0 N–H and O–H groups in total. The molecule has 6 heteroatoms. The van der Waals surface area contributed by atoms with E-state index in [4.69, 9.17) is 0 Å². The SMILES string of the molecule is Cc1cc(/C=C(\C#N)c2ccc(F)cc2)c(C)n1-c1ccc([N+](=O)[O-])cc1. The number of nitro benzene ring substituents is 1. The number of hydrogen-bond acceptors (Lipinski definition) is 3.